The van der Waals surface area contributed by atoms with Crippen LogP contribution in [0.25, 0.3) is 0 Å². The Kier molecular flexibility index (Phi) is 10.9. The summed E-state index contributed by atoms with van der Waals surface area (Å²) in [7, 11) is 0. The average Bonchev–Trinajstić information content (AvgIpc) is 3.01. The number of alkyl halides is 9. The molecule has 0 unspecified atom stereocenters. The van der Waals surface area contributed by atoms with Gasteiger partial charge in [-0.05, 0) is 62.1 Å². The fourth-order valence-corrected chi connectivity index (χ4v) is 5.39. The van der Waals surface area contributed by atoms with Gasteiger partial charge in [0, 0.05) is 12.8 Å². The highest BCUT2D eigenvalue weighted by atomic mass is 19.4. The summed E-state index contributed by atoms with van der Waals surface area (Å²) in [6.07, 6.45) is -16.6. The van der Waals surface area contributed by atoms with E-state index in [-0.39, 0.29) is 73.6 Å². The number of carboxylic acid groups (broad SMARTS) is 1. The first kappa shape index (κ1) is 38.1. The SMILES string of the molecule is CCOC(=O)N1c2ccc(C(F)(F)F)nc2[C@@H](c2ncc(OCCCC(=O)O)c(Cc3cc(C(F)(F)F)cc(C(F)(F)F)c3)n2)C[C@@]1(N)CC. The summed E-state index contributed by atoms with van der Waals surface area (Å²) in [5, 5.41) is 8.94. The van der Waals surface area contributed by atoms with Crippen LogP contribution in [0.1, 0.15) is 85.0 Å². The highest BCUT2D eigenvalue weighted by Crippen LogP contribution is 2.46. The van der Waals surface area contributed by atoms with Crippen LogP contribution in [0, 0.1) is 0 Å². The number of aliphatic carboxylic acids is 1. The number of aromatic nitrogens is 3. The number of nitrogens with zero attached hydrogens (tertiary/aromatic N) is 4. The van der Waals surface area contributed by atoms with E-state index in [2.05, 4.69) is 15.0 Å². The van der Waals surface area contributed by atoms with Crippen molar-refractivity contribution < 1.29 is 63.7 Å². The molecule has 50 heavy (non-hydrogen) atoms. The van der Waals surface area contributed by atoms with Gasteiger partial charge in [0.15, 0.2) is 5.75 Å². The van der Waals surface area contributed by atoms with Crippen molar-refractivity contribution in [2.75, 3.05) is 18.1 Å². The number of halogens is 9. The fraction of sp³-hybridized carbons (Fsp3) is 0.452. The second-order valence-corrected chi connectivity index (χ2v) is 11.3. The molecule has 1 aliphatic rings. The normalized spacial score (nSPS) is 18.1. The summed E-state index contributed by atoms with van der Waals surface area (Å²) in [6, 6.07) is 2.53. The molecule has 272 valence electrons. The van der Waals surface area contributed by atoms with Gasteiger partial charge in [-0.2, -0.15) is 39.5 Å². The first-order valence-corrected chi connectivity index (χ1v) is 15.0. The minimum atomic E-state index is -5.16. The zero-order valence-corrected chi connectivity index (χ0v) is 26.3. The van der Waals surface area contributed by atoms with Crippen molar-refractivity contribution in [1.29, 1.82) is 0 Å². The number of fused-ring (bicyclic) bond motifs is 1. The maximum Gasteiger partial charge on any atom is 0.433 e. The van der Waals surface area contributed by atoms with Gasteiger partial charge < -0.3 is 20.3 Å². The number of nitrogens with two attached hydrogens (primary N) is 1. The number of hydrogen-bond donors (Lipinski definition) is 2. The number of ether oxygens (including phenoxy) is 2. The maximum absolute atomic E-state index is 13.8. The second kappa shape index (κ2) is 14.3. The number of anilines is 1. The predicted molar refractivity (Wildman–Crippen MR) is 156 cm³/mol. The Labute approximate surface area is 278 Å². The fourth-order valence-electron chi connectivity index (χ4n) is 5.39. The number of rotatable bonds is 10. The van der Waals surface area contributed by atoms with E-state index in [1.807, 2.05) is 0 Å². The number of carbonyl (C=O) groups excluding carboxylic acids is 1. The topological polar surface area (TPSA) is 141 Å². The summed E-state index contributed by atoms with van der Waals surface area (Å²) in [4.78, 5) is 37.3. The Morgan fingerprint density at radius 2 is 1.62 bits per heavy atom. The third-order valence-electron chi connectivity index (χ3n) is 7.80. The number of carboxylic acids is 1. The minimum absolute atomic E-state index is 0.0326. The summed E-state index contributed by atoms with van der Waals surface area (Å²) in [5.41, 5.74) is -0.765. The highest BCUT2D eigenvalue weighted by Gasteiger charge is 2.48. The third kappa shape index (κ3) is 8.54. The lowest BCUT2D eigenvalue weighted by atomic mass is 9.83. The van der Waals surface area contributed by atoms with Crippen LogP contribution in [-0.2, 0) is 34.5 Å². The molecule has 2 aromatic heterocycles. The van der Waals surface area contributed by atoms with Gasteiger partial charge >= 0.3 is 30.6 Å². The summed E-state index contributed by atoms with van der Waals surface area (Å²) in [6.45, 7) is 2.73. The van der Waals surface area contributed by atoms with Crippen molar-refractivity contribution in [2.24, 2.45) is 5.73 Å². The van der Waals surface area contributed by atoms with Crippen LogP contribution in [0.5, 0.6) is 5.75 Å². The summed E-state index contributed by atoms with van der Waals surface area (Å²) >= 11 is 0. The Morgan fingerprint density at radius 3 is 2.16 bits per heavy atom. The number of pyridine rings is 1. The van der Waals surface area contributed by atoms with E-state index in [1.54, 1.807) is 6.92 Å². The molecule has 0 bridgehead atoms. The van der Waals surface area contributed by atoms with Gasteiger partial charge in [0.05, 0.1) is 53.5 Å². The largest absolute Gasteiger partial charge is 0.490 e. The van der Waals surface area contributed by atoms with E-state index in [1.165, 1.54) is 6.92 Å². The second-order valence-electron chi connectivity index (χ2n) is 11.3. The number of benzene rings is 1. The van der Waals surface area contributed by atoms with Gasteiger partial charge in [0.25, 0.3) is 0 Å². The molecule has 0 radical (unpaired) electrons. The molecule has 0 fully saturated rings. The third-order valence-corrected chi connectivity index (χ3v) is 7.80. The highest BCUT2D eigenvalue weighted by molar-refractivity contribution is 5.91. The summed E-state index contributed by atoms with van der Waals surface area (Å²) < 4.78 is 134. The molecule has 3 heterocycles. The molecule has 3 N–H and O–H groups in total. The van der Waals surface area contributed by atoms with Crippen molar-refractivity contribution in [3.63, 3.8) is 0 Å². The van der Waals surface area contributed by atoms with Crippen molar-refractivity contribution >= 4 is 17.7 Å². The number of amides is 1. The molecule has 0 aliphatic carbocycles. The van der Waals surface area contributed by atoms with Crippen LogP contribution < -0.4 is 15.4 Å². The lowest BCUT2D eigenvalue weighted by Crippen LogP contribution is -2.62. The molecule has 19 heteroatoms. The van der Waals surface area contributed by atoms with E-state index in [0.29, 0.717) is 18.2 Å². The molecule has 1 amide bonds. The van der Waals surface area contributed by atoms with Crippen molar-refractivity contribution in [2.45, 2.75) is 76.1 Å². The standard InChI is InChI=1S/C31H30F9N5O5/c1-3-28(41)14-19(25-21(45(28)27(48)49-4-2)7-8-23(44-25)31(38,39)40)26-42-15-22(50-9-5-6-24(46)47)20(43-26)12-16-10-17(29(32,33)34)13-18(11-16)30(35,36)37/h7-8,10-11,13,15,19H,3-6,9,12,14,41H2,1-2H3,(H,46,47)/t19-,28+/m0/s1. The van der Waals surface area contributed by atoms with E-state index < -0.39 is 71.0 Å². The Bertz CT molecular complexity index is 1700. The van der Waals surface area contributed by atoms with Gasteiger partial charge in [-0.15, -0.1) is 0 Å². The van der Waals surface area contributed by atoms with Gasteiger partial charge in [0.2, 0.25) is 0 Å². The van der Waals surface area contributed by atoms with Gasteiger partial charge in [0.1, 0.15) is 17.2 Å². The number of carbonyl (C=O) groups is 2. The Morgan fingerprint density at radius 1 is 0.980 bits per heavy atom. The first-order valence-electron chi connectivity index (χ1n) is 15.0. The molecular formula is C31H30F9N5O5. The minimum Gasteiger partial charge on any atom is -0.490 e. The van der Waals surface area contributed by atoms with Crippen LogP contribution in [0.15, 0.2) is 36.5 Å². The molecule has 3 aromatic rings. The monoisotopic (exact) mass is 723 g/mol. The van der Waals surface area contributed by atoms with Gasteiger partial charge in [-0.3, -0.25) is 9.69 Å². The first-order chi connectivity index (χ1) is 23.2. The molecule has 0 spiro atoms. The van der Waals surface area contributed by atoms with Crippen molar-refractivity contribution in [1.82, 2.24) is 15.0 Å². The lowest BCUT2D eigenvalue weighted by molar-refractivity contribution is -0.143. The lowest BCUT2D eigenvalue weighted by Gasteiger charge is -2.46. The zero-order valence-electron chi connectivity index (χ0n) is 26.3. The molecule has 1 aromatic carbocycles. The van der Waals surface area contributed by atoms with E-state index in [9.17, 15) is 49.1 Å². The van der Waals surface area contributed by atoms with E-state index in [4.69, 9.17) is 20.3 Å². The Hall–Kier alpha value is -4.68. The molecule has 0 saturated carbocycles. The van der Waals surface area contributed by atoms with Crippen LogP contribution in [0.2, 0.25) is 0 Å². The molecule has 0 saturated heterocycles. The smallest absolute Gasteiger partial charge is 0.433 e. The average molecular weight is 724 g/mol. The number of hydrogen-bond acceptors (Lipinski definition) is 8. The van der Waals surface area contributed by atoms with Crippen LogP contribution >= 0.6 is 0 Å². The Balaban J connectivity index is 1.91. The van der Waals surface area contributed by atoms with Crippen LogP contribution in [-0.4, -0.2) is 51.0 Å². The van der Waals surface area contributed by atoms with E-state index >= 15 is 0 Å². The van der Waals surface area contributed by atoms with Crippen LogP contribution in [0.4, 0.5) is 50.0 Å². The summed E-state index contributed by atoms with van der Waals surface area (Å²) in [5.74, 6) is -2.96. The van der Waals surface area contributed by atoms with Gasteiger partial charge in [-0.25, -0.2) is 19.7 Å². The maximum atomic E-state index is 13.8. The van der Waals surface area contributed by atoms with Crippen molar-refractivity contribution in [3.8, 4) is 5.75 Å². The molecular weight excluding hydrogens is 693 g/mol. The zero-order chi connectivity index (χ0) is 37.2. The predicted octanol–water partition coefficient (Wildman–Crippen LogP) is 7.33. The molecule has 2 atom stereocenters. The van der Waals surface area contributed by atoms with E-state index in [0.717, 1.165) is 17.2 Å². The molecule has 10 nitrogen and oxygen atoms in total. The molecule has 4 rings (SSSR count). The molecule has 1 aliphatic heterocycles. The quantitative estimate of drug-likeness (QED) is 0.163. The van der Waals surface area contributed by atoms with Gasteiger partial charge in [-0.1, -0.05) is 6.92 Å². The van der Waals surface area contributed by atoms with Crippen LogP contribution in [0.3, 0.4) is 0 Å². The van der Waals surface area contributed by atoms with Crippen molar-refractivity contribution in [3.05, 3.63) is 76.1 Å².